The van der Waals surface area contributed by atoms with Crippen LogP contribution in [0.2, 0.25) is 5.02 Å². The molecule has 0 aliphatic rings. The summed E-state index contributed by atoms with van der Waals surface area (Å²) < 4.78 is 0. The van der Waals surface area contributed by atoms with Crippen molar-refractivity contribution in [1.82, 2.24) is 0 Å². The molecule has 0 aromatic heterocycles. The van der Waals surface area contributed by atoms with Crippen molar-refractivity contribution in [2.75, 3.05) is 5.32 Å². The van der Waals surface area contributed by atoms with Crippen molar-refractivity contribution in [3.8, 4) is 5.75 Å². The van der Waals surface area contributed by atoms with Gasteiger partial charge in [-0.05, 0) is 30.3 Å². The zero-order valence-corrected chi connectivity index (χ0v) is 10.5. The molecular weight excluding hydrogens is 266 g/mol. The highest BCUT2D eigenvalue weighted by atomic mass is 35.5. The van der Waals surface area contributed by atoms with Crippen molar-refractivity contribution in [3.63, 3.8) is 0 Å². The Morgan fingerprint density at radius 3 is 2.68 bits per heavy atom. The molecule has 0 aliphatic heterocycles. The van der Waals surface area contributed by atoms with Gasteiger partial charge in [0.2, 0.25) is 0 Å². The Labute approximate surface area is 114 Å². The number of amides is 1. The second-order valence-corrected chi connectivity index (χ2v) is 4.30. The first-order valence-corrected chi connectivity index (χ1v) is 5.83. The number of rotatable bonds is 3. The van der Waals surface area contributed by atoms with E-state index in [4.69, 9.17) is 11.6 Å². The Morgan fingerprint density at radius 1 is 1.21 bits per heavy atom. The van der Waals surface area contributed by atoms with Gasteiger partial charge in [-0.2, -0.15) is 0 Å². The summed E-state index contributed by atoms with van der Waals surface area (Å²) >= 11 is 5.69. The number of carbonyl (C=O) groups excluding carboxylic acids is 2. The number of anilines is 1. The molecule has 0 heterocycles. The molecule has 96 valence electrons. The van der Waals surface area contributed by atoms with Crippen LogP contribution in [0, 0.1) is 0 Å². The van der Waals surface area contributed by atoms with Gasteiger partial charge in [-0.1, -0.05) is 23.7 Å². The number of benzene rings is 2. The summed E-state index contributed by atoms with van der Waals surface area (Å²) in [7, 11) is 0. The second kappa shape index (κ2) is 5.54. The van der Waals surface area contributed by atoms with Gasteiger partial charge in [0.15, 0.2) is 0 Å². The van der Waals surface area contributed by atoms with E-state index in [0.29, 0.717) is 22.6 Å². The van der Waals surface area contributed by atoms with E-state index in [9.17, 15) is 14.7 Å². The lowest BCUT2D eigenvalue weighted by Gasteiger charge is -2.07. The van der Waals surface area contributed by atoms with Crippen molar-refractivity contribution in [2.24, 2.45) is 0 Å². The quantitative estimate of drug-likeness (QED) is 0.846. The van der Waals surface area contributed by atoms with Gasteiger partial charge < -0.3 is 10.4 Å². The smallest absolute Gasteiger partial charge is 0.259 e. The fraction of sp³-hybridized carbons (Fsp3) is 0. The molecule has 0 aliphatic carbocycles. The highest BCUT2D eigenvalue weighted by Crippen LogP contribution is 2.23. The van der Waals surface area contributed by atoms with E-state index >= 15 is 0 Å². The first kappa shape index (κ1) is 13.1. The summed E-state index contributed by atoms with van der Waals surface area (Å²) in [6.45, 7) is 0. The fourth-order valence-electron chi connectivity index (χ4n) is 1.58. The maximum absolute atomic E-state index is 11.9. The third-order valence-electron chi connectivity index (χ3n) is 2.48. The van der Waals surface area contributed by atoms with Crippen LogP contribution in [0.3, 0.4) is 0 Å². The molecule has 4 nitrogen and oxygen atoms in total. The van der Waals surface area contributed by atoms with Crippen LogP contribution in [0.25, 0.3) is 0 Å². The Morgan fingerprint density at radius 2 is 2.00 bits per heavy atom. The zero-order chi connectivity index (χ0) is 13.8. The van der Waals surface area contributed by atoms with E-state index in [-0.39, 0.29) is 11.3 Å². The van der Waals surface area contributed by atoms with Gasteiger partial charge >= 0.3 is 0 Å². The van der Waals surface area contributed by atoms with Crippen molar-refractivity contribution >= 4 is 29.5 Å². The first-order valence-electron chi connectivity index (χ1n) is 5.45. The van der Waals surface area contributed by atoms with Gasteiger partial charge in [0.1, 0.15) is 12.0 Å². The molecule has 0 saturated carbocycles. The van der Waals surface area contributed by atoms with E-state index in [1.807, 2.05) is 0 Å². The molecule has 2 rings (SSSR count). The third kappa shape index (κ3) is 3.11. The van der Waals surface area contributed by atoms with Crippen molar-refractivity contribution in [1.29, 1.82) is 0 Å². The van der Waals surface area contributed by atoms with E-state index in [1.165, 1.54) is 24.3 Å². The monoisotopic (exact) mass is 275 g/mol. The van der Waals surface area contributed by atoms with Crippen LogP contribution >= 0.6 is 11.6 Å². The number of phenolic OH excluding ortho intramolecular Hbond substituents is 1. The van der Waals surface area contributed by atoms with Crippen LogP contribution in [-0.4, -0.2) is 17.3 Å². The zero-order valence-electron chi connectivity index (χ0n) is 9.76. The van der Waals surface area contributed by atoms with Crippen LogP contribution in [0.5, 0.6) is 5.75 Å². The normalized spacial score (nSPS) is 9.95. The summed E-state index contributed by atoms with van der Waals surface area (Å²) in [4.78, 5) is 22.6. The van der Waals surface area contributed by atoms with Gasteiger partial charge in [0.05, 0.1) is 5.56 Å². The van der Waals surface area contributed by atoms with Crippen LogP contribution in [-0.2, 0) is 0 Å². The molecule has 2 aromatic rings. The molecule has 0 atom stereocenters. The average Bonchev–Trinajstić information content (AvgIpc) is 2.38. The van der Waals surface area contributed by atoms with Crippen LogP contribution in [0.4, 0.5) is 5.69 Å². The molecule has 0 unspecified atom stereocenters. The van der Waals surface area contributed by atoms with Gasteiger partial charge in [-0.3, -0.25) is 9.59 Å². The minimum atomic E-state index is -0.475. The SMILES string of the molecule is O=Cc1cccc(NC(=O)c2ccc(Cl)cc2O)c1. The standard InChI is InChI=1S/C14H10ClNO3/c15-10-4-5-12(13(18)7-10)14(19)16-11-3-1-2-9(6-11)8-17/h1-8,18H,(H,16,19). The van der Waals surface area contributed by atoms with Crippen LogP contribution in [0.15, 0.2) is 42.5 Å². The molecule has 0 saturated heterocycles. The van der Waals surface area contributed by atoms with E-state index in [1.54, 1.807) is 18.2 Å². The predicted molar refractivity (Wildman–Crippen MR) is 72.9 cm³/mol. The molecule has 2 N–H and O–H groups in total. The van der Waals surface area contributed by atoms with Gasteiger partial charge in [0.25, 0.3) is 5.91 Å². The third-order valence-corrected chi connectivity index (χ3v) is 2.72. The lowest BCUT2D eigenvalue weighted by atomic mass is 10.1. The number of hydrogen-bond acceptors (Lipinski definition) is 3. The lowest BCUT2D eigenvalue weighted by Crippen LogP contribution is -2.12. The Kier molecular flexibility index (Phi) is 3.82. The maximum atomic E-state index is 11.9. The van der Waals surface area contributed by atoms with Crippen LogP contribution in [0.1, 0.15) is 20.7 Å². The van der Waals surface area contributed by atoms with Gasteiger partial charge in [0, 0.05) is 16.3 Å². The maximum Gasteiger partial charge on any atom is 0.259 e. The van der Waals surface area contributed by atoms with Gasteiger partial charge in [-0.15, -0.1) is 0 Å². The molecule has 19 heavy (non-hydrogen) atoms. The molecule has 0 spiro atoms. The minimum Gasteiger partial charge on any atom is -0.507 e. The number of phenols is 1. The Balaban J connectivity index is 2.22. The van der Waals surface area contributed by atoms with Crippen molar-refractivity contribution in [3.05, 3.63) is 58.6 Å². The highest BCUT2D eigenvalue weighted by molar-refractivity contribution is 6.31. The molecule has 0 bridgehead atoms. The first-order chi connectivity index (χ1) is 9.10. The lowest BCUT2D eigenvalue weighted by molar-refractivity contribution is 0.102. The largest absolute Gasteiger partial charge is 0.507 e. The molecular formula is C14H10ClNO3. The molecule has 0 fully saturated rings. The predicted octanol–water partition coefficient (Wildman–Crippen LogP) is 3.11. The van der Waals surface area contributed by atoms with E-state index in [0.717, 1.165) is 0 Å². The average molecular weight is 276 g/mol. The minimum absolute atomic E-state index is 0.112. The Hall–Kier alpha value is -2.33. The van der Waals surface area contributed by atoms with Crippen molar-refractivity contribution in [2.45, 2.75) is 0 Å². The second-order valence-electron chi connectivity index (χ2n) is 3.86. The summed E-state index contributed by atoms with van der Waals surface area (Å²) in [5.41, 5.74) is 1.04. The number of hydrogen-bond donors (Lipinski definition) is 2. The number of nitrogens with one attached hydrogen (secondary N) is 1. The summed E-state index contributed by atoms with van der Waals surface area (Å²) in [5, 5.41) is 12.6. The van der Waals surface area contributed by atoms with E-state index < -0.39 is 5.91 Å². The highest BCUT2D eigenvalue weighted by Gasteiger charge is 2.11. The topological polar surface area (TPSA) is 66.4 Å². The fourth-order valence-corrected chi connectivity index (χ4v) is 1.75. The summed E-state index contributed by atoms with van der Waals surface area (Å²) in [6, 6.07) is 10.7. The molecule has 1 amide bonds. The molecule has 2 aromatic carbocycles. The Bertz CT molecular complexity index is 640. The van der Waals surface area contributed by atoms with E-state index in [2.05, 4.69) is 5.32 Å². The van der Waals surface area contributed by atoms with Crippen LogP contribution < -0.4 is 5.32 Å². The molecule has 0 radical (unpaired) electrons. The van der Waals surface area contributed by atoms with Gasteiger partial charge in [-0.25, -0.2) is 0 Å². The molecule has 5 heteroatoms. The number of carbonyl (C=O) groups is 2. The summed E-state index contributed by atoms with van der Waals surface area (Å²) in [5.74, 6) is -0.672. The van der Waals surface area contributed by atoms with Crippen molar-refractivity contribution < 1.29 is 14.7 Å². The summed E-state index contributed by atoms with van der Waals surface area (Å²) in [6.07, 6.45) is 0.690. The number of halogens is 1. The number of aromatic hydroxyl groups is 1. The number of aldehydes is 1.